The standard InChI is InChI=1S/C8H12N2O2S2/c1-2-3-4-13-8-5(6(9)11)7(12)10-14-8/h2-4H2,1H3,(H2,9,11)(H,10,12). The molecule has 0 unspecified atom stereocenters. The van der Waals surface area contributed by atoms with Crippen LogP contribution >= 0.6 is 23.3 Å². The zero-order chi connectivity index (χ0) is 10.6. The van der Waals surface area contributed by atoms with Crippen LogP contribution in [-0.4, -0.2) is 16.0 Å². The minimum atomic E-state index is -0.647. The first-order chi connectivity index (χ1) is 6.66. The second-order valence-electron chi connectivity index (χ2n) is 2.76. The van der Waals surface area contributed by atoms with Gasteiger partial charge in [0.1, 0.15) is 5.56 Å². The minimum absolute atomic E-state index is 0.108. The maximum atomic E-state index is 11.2. The highest BCUT2D eigenvalue weighted by atomic mass is 32.2. The van der Waals surface area contributed by atoms with Crippen molar-refractivity contribution in [1.29, 1.82) is 0 Å². The van der Waals surface area contributed by atoms with E-state index in [-0.39, 0.29) is 11.1 Å². The number of amides is 1. The summed E-state index contributed by atoms with van der Waals surface area (Å²) in [6, 6.07) is 0. The van der Waals surface area contributed by atoms with Crippen molar-refractivity contribution in [3.63, 3.8) is 0 Å². The Morgan fingerprint density at radius 2 is 2.36 bits per heavy atom. The number of nitrogens with two attached hydrogens (primary N) is 1. The van der Waals surface area contributed by atoms with E-state index in [0.717, 1.165) is 18.6 Å². The fourth-order valence-corrected chi connectivity index (χ4v) is 3.06. The van der Waals surface area contributed by atoms with Gasteiger partial charge in [0.05, 0.1) is 4.21 Å². The van der Waals surface area contributed by atoms with Crippen LogP contribution in [0.2, 0.25) is 0 Å². The average molecular weight is 232 g/mol. The molecule has 1 amide bonds. The molecule has 6 heteroatoms. The first kappa shape index (κ1) is 11.3. The quantitative estimate of drug-likeness (QED) is 0.595. The van der Waals surface area contributed by atoms with Crippen LogP contribution in [0.4, 0.5) is 0 Å². The number of unbranched alkanes of at least 4 members (excludes halogenated alkanes) is 1. The smallest absolute Gasteiger partial charge is 0.272 e. The first-order valence-electron chi connectivity index (χ1n) is 4.31. The van der Waals surface area contributed by atoms with E-state index in [1.165, 1.54) is 23.3 Å². The molecule has 1 rings (SSSR count). The lowest BCUT2D eigenvalue weighted by Gasteiger charge is -1.96. The number of thioether (sulfide) groups is 1. The summed E-state index contributed by atoms with van der Waals surface area (Å²) in [5, 5.41) is 0. The number of rotatable bonds is 5. The van der Waals surface area contributed by atoms with E-state index in [4.69, 9.17) is 5.73 Å². The highest BCUT2D eigenvalue weighted by Gasteiger charge is 2.15. The lowest BCUT2D eigenvalue weighted by molar-refractivity contribution is 0.0997. The second kappa shape index (κ2) is 5.21. The normalized spacial score (nSPS) is 10.4. The number of aromatic nitrogens is 1. The van der Waals surface area contributed by atoms with Crippen molar-refractivity contribution in [2.45, 2.75) is 24.0 Å². The molecule has 0 radical (unpaired) electrons. The van der Waals surface area contributed by atoms with Crippen molar-refractivity contribution in [2.75, 3.05) is 5.75 Å². The number of carbonyl (C=O) groups is 1. The van der Waals surface area contributed by atoms with E-state index in [1.807, 2.05) is 0 Å². The average Bonchev–Trinajstić information content (AvgIpc) is 2.47. The number of aromatic amines is 1. The molecule has 1 heterocycles. The number of H-pyrrole nitrogens is 1. The van der Waals surface area contributed by atoms with Crippen LogP contribution in [0.3, 0.4) is 0 Å². The van der Waals surface area contributed by atoms with Gasteiger partial charge in [0, 0.05) is 0 Å². The molecule has 0 saturated carbocycles. The van der Waals surface area contributed by atoms with E-state index >= 15 is 0 Å². The molecule has 1 aromatic rings. The molecule has 0 atom stereocenters. The van der Waals surface area contributed by atoms with Crippen molar-refractivity contribution in [2.24, 2.45) is 5.73 Å². The van der Waals surface area contributed by atoms with Gasteiger partial charge in [0.2, 0.25) is 0 Å². The Balaban J connectivity index is 2.77. The Kier molecular flexibility index (Phi) is 4.21. The first-order valence-corrected chi connectivity index (χ1v) is 6.11. The van der Waals surface area contributed by atoms with Gasteiger partial charge in [-0.1, -0.05) is 24.9 Å². The Morgan fingerprint density at radius 3 is 2.93 bits per heavy atom. The van der Waals surface area contributed by atoms with Crippen molar-refractivity contribution in [1.82, 2.24) is 4.37 Å². The van der Waals surface area contributed by atoms with E-state index in [9.17, 15) is 9.59 Å². The minimum Gasteiger partial charge on any atom is -0.365 e. The predicted octanol–water partition coefficient (Wildman–Crippen LogP) is 1.43. The topological polar surface area (TPSA) is 75.9 Å². The van der Waals surface area contributed by atoms with Crippen molar-refractivity contribution < 1.29 is 4.79 Å². The fraction of sp³-hybridized carbons (Fsp3) is 0.500. The number of nitrogens with one attached hydrogen (secondary N) is 1. The largest absolute Gasteiger partial charge is 0.365 e. The summed E-state index contributed by atoms with van der Waals surface area (Å²) >= 11 is 2.69. The van der Waals surface area contributed by atoms with Crippen LogP contribution in [0, 0.1) is 0 Å². The third kappa shape index (κ3) is 2.62. The Hall–Kier alpha value is -0.750. The van der Waals surface area contributed by atoms with Gasteiger partial charge in [-0.3, -0.25) is 14.0 Å². The molecular weight excluding hydrogens is 220 g/mol. The molecular formula is C8H12N2O2S2. The van der Waals surface area contributed by atoms with Gasteiger partial charge in [0.15, 0.2) is 0 Å². The summed E-state index contributed by atoms with van der Waals surface area (Å²) in [6.07, 6.45) is 2.16. The molecule has 78 valence electrons. The Labute approximate surface area is 90.0 Å². The van der Waals surface area contributed by atoms with Gasteiger partial charge < -0.3 is 5.73 Å². The second-order valence-corrected chi connectivity index (χ2v) is 4.94. The molecule has 0 bridgehead atoms. The van der Waals surface area contributed by atoms with Crippen LogP contribution in [0.1, 0.15) is 30.1 Å². The third-order valence-corrected chi connectivity index (χ3v) is 3.88. The summed E-state index contributed by atoms with van der Waals surface area (Å²) < 4.78 is 3.21. The Bertz CT molecular complexity index is 370. The van der Waals surface area contributed by atoms with Crippen LogP contribution in [-0.2, 0) is 0 Å². The van der Waals surface area contributed by atoms with E-state index in [2.05, 4.69) is 11.3 Å². The molecule has 3 N–H and O–H groups in total. The molecule has 0 saturated heterocycles. The van der Waals surface area contributed by atoms with Gasteiger partial charge in [-0.25, -0.2) is 0 Å². The highest BCUT2D eigenvalue weighted by Crippen LogP contribution is 2.24. The summed E-state index contributed by atoms with van der Waals surface area (Å²) in [6.45, 7) is 2.09. The van der Waals surface area contributed by atoms with E-state index in [1.54, 1.807) is 0 Å². The molecule has 4 nitrogen and oxygen atoms in total. The maximum Gasteiger partial charge on any atom is 0.272 e. The van der Waals surface area contributed by atoms with Gasteiger partial charge in [-0.05, 0) is 12.2 Å². The predicted molar refractivity (Wildman–Crippen MR) is 59.1 cm³/mol. The maximum absolute atomic E-state index is 11.2. The molecule has 0 aliphatic carbocycles. The zero-order valence-electron chi connectivity index (χ0n) is 7.83. The zero-order valence-corrected chi connectivity index (χ0v) is 9.46. The van der Waals surface area contributed by atoms with Crippen LogP contribution in [0.25, 0.3) is 0 Å². The monoisotopic (exact) mass is 232 g/mol. The summed E-state index contributed by atoms with van der Waals surface area (Å²) in [4.78, 5) is 22.1. The molecule has 0 aliphatic heterocycles. The van der Waals surface area contributed by atoms with Crippen LogP contribution in [0.15, 0.2) is 9.00 Å². The molecule has 0 fully saturated rings. The van der Waals surface area contributed by atoms with Gasteiger partial charge in [0.25, 0.3) is 11.5 Å². The third-order valence-electron chi connectivity index (χ3n) is 1.65. The summed E-state index contributed by atoms with van der Waals surface area (Å²) in [5.74, 6) is 0.261. The van der Waals surface area contributed by atoms with Gasteiger partial charge in [-0.15, -0.1) is 11.8 Å². The van der Waals surface area contributed by atoms with E-state index in [0.29, 0.717) is 4.21 Å². The van der Waals surface area contributed by atoms with Crippen LogP contribution in [0.5, 0.6) is 0 Å². The van der Waals surface area contributed by atoms with Crippen molar-refractivity contribution in [3.8, 4) is 0 Å². The van der Waals surface area contributed by atoms with Gasteiger partial charge in [-0.2, -0.15) is 0 Å². The van der Waals surface area contributed by atoms with Crippen molar-refractivity contribution >= 4 is 29.2 Å². The Morgan fingerprint density at radius 1 is 1.64 bits per heavy atom. The highest BCUT2D eigenvalue weighted by molar-refractivity contribution is 8.01. The van der Waals surface area contributed by atoms with Gasteiger partial charge >= 0.3 is 0 Å². The SMILES string of the molecule is CCCCSc1s[nH]c(=O)c1C(N)=O. The summed E-state index contributed by atoms with van der Waals surface area (Å²) in [7, 11) is 0. The lowest BCUT2D eigenvalue weighted by Crippen LogP contribution is -2.20. The number of hydrogen-bond acceptors (Lipinski definition) is 4. The molecule has 0 aliphatic rings. The fourth-order valence-electron chi connectivity index (χ4n) is 0.911. The molecule has 0 spiro atoms. The number of hydrogen-bond donors (Lipinski definition) is 2. The van der Waals surface area contributed by atoms with Crippen molar-refractivity contribution in [3.05, 3.63) is 15.9 Å². The number of primary amides is 1. The lowest BCUT2D eigenvalue weighted by atomic mass is 10.3. The molecule has 0 aromatic carbocycles. The number of carbonyl (C=O) groups excluding carboxylic acids is 1. The molecule has 1 aromatic heterocycles. The summed E-state index contributed by atoms with van der Waals surface area (Å²) in [5.41, 5.74) is 4.83. The van der Waals surface area contributed by atoms with Crippen LogP contribution < -0.4 is 11.3 Å². The molecule has 14 heavy (non-hydrogen) atoms. The van der Waals surface area contributed by atoms with E-state index < -0.39 is 5.91 Å².